The van der Waals surface area contributed by atoms with Crippen molar-refractivity contribution in [1.82, 2.24) is 9.97 Å². The first-order valence-electron chi connectivity index (χ1n) is 13.7. The Labute approximate surface area is 257 Å². The van der Waals surface area contributed by atoms with Crippen molar-refractivity contribution >= 4 is 34.9 Å². The summed E-state index contributed by atoms with van der Waals surface area (Å²) < 4.78 is 98.4. The van der Waals surface area contributed by atoms with Crippen LogP contribution in [0.3, 0.4) is 0 Å². The first-order valence-corrected chi connectivity index (χ1v) is 14.1. The van der Waals surface area contributed by atoms with Crippen molar-refractivity contribution in [2.24, 2.45) is 0 Å². The van der Waals surface area contributed by atoms with Crippen LogP contribution in [0.4, 0.5) is 22.0 Å². The van der Waals surface area contributed by atoms with Gasteiger partial charge in [0.2, 0.25) is 11.8 Å². The largest absolute Gasteiger partial charge is 0.449 e. The van der Waals surface area contributed by atoms with Gasteiger partial charge in [-0.05, 0) is 86.7 Å². The minimum atomic E-state index is -4.93. The van der Waals surface area contributed by atoms with Crippen LogP contribution < -0.4 is 9.47 Å². The quantitative estimate of drug-likeness (QED) is 0.136. The number of hydrogen-bond donors (Lipinski definition) is 0. The van der Waals surface area contributed by atoms with E-state index in [0.717, 1.165) is 24.3 Å². The highest BCUT2D eigenvalue weighted by atomic mass is 35.5. The van der Waals surface area contributed by atoms with Crippen molar-refractivity contribution in [3.05, 3.63) is 96.4 Å². The van der Waals surface area contributed by atoms with Gasteiger partial charge in [0.05, 0.1) is 4.87 Å². The molecule has 5 aromatic rings. The topological polar surface area (TPSA) is 70.5 Å². The van der Waals surface area contributed by atoms with Crippen molar-refractivity contribution in [2.75, 3.05) is 0 Å². The lowest BCUT2D eigenvalue weighted by Gasteiger charge is -2.58. The Hall–Kier alpha value is -4.64. The second kappa shape index (κ2) is 9.68. The second-order valence-electron chi connectivity index (χ2n) is 11.1. The number of aromatic nitrogens is 2. The summed E-state index contributed by atoms with van der Waals surface area (Å²) >= 11 is 6.31. The van der Waals surface area contributed by atoms with Gasteiger partial charge in [-0.25, -0.2) is 14.4 Å². The van der Waals surface area contributed by atoms with Crippen LogP contribution in [-0.4, -0.2) is 38.1 Å². The highest BCUT2D eigenvalue weighted by Crippen LogP contribution is 2.67. The van der Waals surface area contributed by atoms with Crippen molar-refractivity contribution < 1.29 is 40.3 Å². The maximum absolute atomic E-state index is 16.1. The third-order valence-corrected chi connectivity index (χ3v) is 8.09. The Kier molecular flexibility index (Phi) is 6.26. The van der Waals surface area contributed by atoms with Gasteiger partial charge in [-0.15, -0.1) is 11.6 Å². The standard InChI is InChI=1S/C33H22ClF5N2O4/c1-29(34)17-15-24-26(16-18-29)43-28(41-24)20-9-13-22(14-10-20)45-33(39)31(36,37)30(2,35)32(33,38)44-21-11-7-19(8-12-21)27-40-23-5-3-4-6-25(23)42-27/h3-18H,1-2H3. The highest BCUT2D eigenvalue weighted by molar-refractivity contribution is 6.27. The van der Waals surface area contributed by atoms with E-state index in [9.17, 15) is 8.78 Å². The molecule has 0 amide bonds. The molecule has 4 unspecified atom stereocenters. The predicted octanol–water partition coefficient (Wildman–Crippen LogP) is 9.35. The summed E-state index contributed by atoms with van der Waals surface area (Å²) in [4.78, 5) is 8.01. The van der Waals surface area contributed by atoms with Crippen LogP contribution in [0.25, 0.3) is 46.2 Å². The van der Waals surface area contributed by atoms with Crippen LogP contribution in [0.15, 0.2) is 93.8 Å². The Morgan fingerprint density at radius 3 is 1.84 bits per heavy atom. The number of allylic oxidation sites excluding steroid dienone is 2. The molecule has 12 heteroatoms. The summed E-state index contributed by atoms with van der Waals surface area (Å²) in [6.07, 6.45) is 6.81. The maximum atomic E-state index is 16.1. The molecule has 7 rings (SSSR count). The van der Waals surface area contributed by atoms with Gasteiger partial charge in [-0.2, -0.15) is 17.6 Å². The lowest BCUT2D eigenvalue weighted by Crippen LogP contribution is -2.90. The number of ether oxygens (including phenoxy) is 2. The molecule has 0 radical (unpaired) electrons. The normalized spacial score (nSPS) is 28.4. The van der Waals surface area contributed by atoms with E-state index in [2.05, 4.69) is 9.97 Å². The van der Waals surface area contributed by atoms with Gasteiger partial charge in [0.15, 0.2) is 11.3 Å². The zero-order valence-corrected chi connectivity index (χ0v) is 24.3. The van der Waals surface area contributed by atoms with E-state index in [1.807, 2.05) is 0 Å². The fraction of sp³-hybridized carbons (Fsp3) is 0.212. The molecule has 45 heavy (non-hydrogen) atoms. The lowest BCUT2D eigenvalue weighted by atomic mass is 9.68. The Morgan fingerprint density at radius 2 is 1.22 bits per heavy atom. The molecule has 0 saturated heterocycles. The van der Waals surface area contributed by atoms with Crippen LogP contribution in [-0.2, 0) is 0 Å². The number of rotatable bonds is 6. The van der Waals surface area contributed by atoms with Crippen molar-refractivity contribution in [3.63, 3.8) is 0 Å². The van der Waals surface area contributed by atoms with Gasteiger partial charge in [0, 0.05) is 11.1 Å². The lowest BCUT2D eigenvalue weighted by molar-refractivity contribution is -0.492. The van der Waals surface area contributed by atoms with Crippen LogP contribution in [0.2, 0.25) is 0 Å². The minimum Gasteiger partial charge on any atom is -0.449 e. The summed E-state index contributed by atoms with van der Waals surface area (Å²) in [5, 5.41) is 0. The number of fused-ring (bicyclic) bond motifs is 2. The van der Waals surface area contributed by atoms with E-state index in [-0.39, 0.29) is 18.7 Å². The highest BCUT2D eigenvalue weighted by Gasteiger charge is 2.99. The molecule has 4 atom stereocenters. The summed E-state index contributed by atoms with van der Waals surface area (Å²) in [6, 6.07) is 17.0. The molecule has 2 aliphatic rings. The SMILES string of the molecule is CC1(Cl)C=Cc2nc(-c3ccc(OC4(F)C(F)(F)C(C)(F)C4(F)Oc4ccc(-c5nc6ccccc6o5)cc4)cc3)oc2C=C1. The molecule has 0 N–H and O–H groups in total. The Morgan fingerprint density at radius 1 is 0.667 bits per heavy atom. The van der Waals surface area contributed by atoms with E-state index in [4.69, 9.17) is 29.9 Å². The summed E-state index contributed by atoms with van der Waals surface area (Å²) in [7, 11) is 0. The molecule has 1 saturated carbocycles. The predicted molar refractivity (Wildman–Crippen MR) is 157 cm³/mol. The third-order valence-electron chi connectivity index (χ3n) is 7.83. The molecule has 0 spiro atoms. The fourth-order valence-corrected chi connectivity index (χ4v) is 5.26. The van der Waals surface area contributed by atoms with E-state index < -0.39 is 39.7 Å². The third kappa shape index (κ3) is 4.35. The number of alkyl halides is 6. The molecule has 6 nitrogen and oxygen atoms in total. The molecule has 2 heterocycles. The monoisotopic (exact) mass is 640 g/mol. The minimum absolute atomic E-state index is 0.170. The molecular formula is C33H22ClF5N2O4. The first-order chi connectivity index (χ1) is 21.2. The van der Waals surface area contributed by atoms with E-state index in [1.165, 1.54) is 24.3 Å². The molecular weight excluding hydrogens is 619 g/mol. The van der Waals surface area contributed by atoms with Gasteiger partial charge in [-0.1, -0.05) is 24.3 Å². The van der Waals surface area contributed by atoms with Gasteiger partial charge in [-0.3, -0.25) is 0 Å². The Balaban J connectivity index is 1.12. The molecule has 2 aliphatic carbocycles. The first kappa shape index (κ1) is 29.1. The zero-order valence-electron chi connectivity index (χ0n) is 23.5. The van der Waals surface area contributed by atoms with Crippen molar-refractivity contribution in [2.45, 2.75) is 42.0 Å². The smallest absolute Gasteiger partial charge is 0.388 e. The van der Waals surface area contributed by atoms with Crippen LogP contribution >= 0.6 is 11.6 Å². The average molecular weight is 641 g/mol. The number of benzene rings is 3. The van der Waals surface area contributed by atoms with Gasteiger partial charge < -0.3 is 18.3 Å². The molecule has 1 fully saturated rings. The zero-order chi connectivity index (χ0) is 31.8. The fourth-order valence-electron chi connectivity index (χ4n) is 5.13. The number of hydrogen-bond acceptors (Lipinski definition) is 6. The van der Waals surface area contributed by atoms with E-state index in [1.54, 1.807) is 55.5 Å². The van der Waals surface area contributed by atoms with Crippen molar-refractivity contribution in [1.29, 1.82) is 0 Å². The average Bonchev–Trinajstić information content (AvgIpc) is 3.60. The molecule has 0 bridgehead atoms. The molecule has 0 aliphatic heterocycles. The summed E-state index contributed by atoms with van der Waals surface area (Å²) in [5.74, 6) is -13.8. The van der Waals surface area contributed by atoms with Crippen LogP contribution in [0.5, 0.6) is 11.5 Å². The van der Waals surface area contributed by atoms with Crippen LogP contribution in [0.1, 0.15) is 25.3 Å². The number of halogens is 6. The second-order valence-corrected chi connectivity index (χ2v) is 11.9. The van der Waals surface area contributed by atoms with Gasteiger partial charge >= 0.3 is 17.6 Å². The van der Waals surface area contributed by atoms with E-state index >= 15 is 13.2 Å². The number of oxazole rings is 2. The molecule has 230 valence electrons. The summed E-state index contributed by atoms with van der Waals surface area (Å²) in [6.45, 7) is 2.00. The van der Waals surface area contributed by atoms with Gasteiger partial charge in [0.25, 0.3) is 5.67 Å². The van der Waals surface area contributed by atoms with Crippen molar-refractivity contribution in [3.8, 4) is 34.4 Å². The van der Waals surface area contributed by atoms with Crippen LogP contribution in [0, 0.1) is 0 Å². The van der Waals surface area contributed by atoms with Gasteiger partial charge in [0.1, 0.15) is 22.7 Å². The Bertz CT molecular complexity index is 1920. The number of nitrogens with zero attached hydrogens (tertiary/aromatic N) is 2. The number of para-hydroxylation sites is 2. The molecule has 2 aromatic heterocycles. The maximum Gasteiger partial charge on any atom is 0.388 e. The molecule has 3 aromatic carbocycles. The van der Waals surface area contributed by atoms with E-state index in [0.29, 0.717) is 33.7 Å². The summed E-state index contributed by atoms with van der Waals surface area (Å²) in [5.41, 5.74) is -1.65.